The van der Waals surface area contributed by atoms with Crippen molar-refractivity contribution < 1.29 is 9.47 Å². The summed E-state index contributed by atoms with van der Waals surface area (Å²) in [5, 5.41) is 1.17. The van der Waals surface area contributed by atoms with Crippen LogP contribution < -0.4 is 0 Å². The fourth-order valence-electron chi connectivity index (χ4n) is 1.37. The molecule has 0 amide bonds. The largest absolute Gasteiger partial charge is 0.319 e. The molecule has 2 rings (SSSR count). The van der Waals surface area contributed by atoms with E-state index < -0.39 is 0 Å². The molecule has 1 aromatic rings. The van der Waals surface area contributed by atoms with Crippen LogP contribution in [-0.4, -0.2) is 11.3 Å². The van der Waals surface area contributed by atoms with E-state index in [0.29, 0.717) is 5.92 Å². The molecule has 78 valence electrons. The second-order valence-corrected chi connectivity index (χ2v) is 5.07. The fraction of sp³-hybridized carbons (Fsp3) is 0.700. The highest BCUT2D eigenvalue weighted by atomic mass is 32.1. The van der Waals surface area contributed by atoms with Gasteiger partial charge >= 0.3 is 0 Å². The number of hydrogen-bond donors (Lipinski definition) is 0. The highest BCUT2D eigenvalue weighted by Crippen LogP contribution is 2.34. The van der Waals surface area contributed by atoms with Gasteiger partial charge in [-0.3, -0.25) is 0 Å². The first-order chi connectivity index (χ1) is 6.65. The number of thiazole rings is 1. The van der Waals surface area contributed by atoms with Gasteiger partial charge in [-0.05, 0) is 12.8 Å². The third-order valence-electron chi connectivity index (χ3n) is 2.02. The molecule has 1 saturated heterocycles. The van der Waals surface area contributed by atoms with Crippen molar-refractivity contribution in [2.45, 2.75) is 39.8 Å². The molecule has 0 N–H and O–H groups in total. The number of aromatic nitrogens is 1. The molecule has 0 unspecified atom stereocenters. The molecular weight excluding hydrogens is 198 g/mol. The molecule has 1 aliphatic rings. The summed E-state index contributed by atoms with van der Waals surface area (Å²) in [6, 6.07) is 0. The van der Waals surface area contributed by atoms with Gasteiger partial charge in [0.25, 0.3) is 0 Å². The van der Waals surface area contributed by atoms with Gasteiger partial charge in [-0.2, -0.15) is 0 Å². The van der Waals surface area contributed by atoms with E-state index in [-0.39, 0.29) is 12.6 Å². The summed E-state index contributed by atoms with van der Waals surface area (Å²) in [6.07, 6.45) is 2.67. The van der Waals surface area contributed by atoms with Crippen molar-refractivity contribution in [2.24, 2.45) is 5.92 Å². The molecule has 2 heterocycles. The molecule has 0 aliphatic carbocycles. The maximum Gasteiger partial charge on any atom is 0.200 e. The van der Waals surface area contributed by atoms with E-state index in [2.05, 4.69) is 18.8 Å². The SMILES string of the molecule is CC(C)Cc1ncc(C2OC(C)O2)s1. The van der Waals surface area contributed by atoms with Gasteiger partial charge < -0.3 is 9.47 Å². The average Bonchev–Trinajstić information content (AvgIpc) is 2.46. The fourth-order valence-corrected chi connectivity index (χ4v) is 2.48. The summed E-state index contributed by atoms with van der Waals surface area (Å²) in [4.78, 5) is 5.42. The van der Waals surface area contributed by atoms with Crippen molar-refractivity contribution in [1.82, 2.24) is 4.98 Å². The maximum absolute atomic E-state index is 5.39. The molecule has 0 radical (unpaired) electrons. The lowest BCUT2D eigenvalue weighted by Crippen LogP contribution is -2.30. The van der Waals surface area contributed by atoms with Crippen LogP contribution in [0.3, 0.4) is 0 Å². The molecule has 0 saturated carbocycles. The van der Waals surface area contributed by atoms with Crippen molar-refractivity contribution in [3.05, 3.63) is 16.1 Å². The van der Waals surface area contributed by atoms with Gasteiger partial charge in [-0.1, -0.05) is 13.8 Å². The van der Waals surface area contributed by atoms with Gasteiger partial charge in [0, 0.05) is 12.6 Å². The number of nitrogens with zero attached hydrogens (tertiary/aromatic N) is 1. The molecule has 0 spiro atoms. The lowest BCUT2D eigenvalue weighted by molar-refractivity contribution is -0.381. The van der Waals surface area contributed by atoms with Crippen molar-refractivity contribution in [3.8, 4) is 0 Å². The Morgan fingerprint density at radius 2 is 2.21 bits per heavy atom. The molecular formula is C10H15NO2S. The maximum atomic E-state index is 5.39. The third-order valence-corrected chi connectivity index (χ3v) is 3.06. The third kappa shape index (κ3) is 2.13. The van der Waals surface area contributed by atoms with Gasteiger partial charge in [-0.15, -0.1) is 11.3 Å². The average molecular weight is 213 g/mol. The van der Waals surface area contributed by atoms with E-state index in [1.807, 2.05) is 13.1 Å². The summed E-state index contributed by atoms with van der Waals surface area (Å²) in [5.41, 5.74) is 0. The zero-order chi connectivity index (χ0) is 10.1. The molecule has 1 aliphatic heterocycles. The summed E-state index contributed by atoms with van der Waals surface area (Å²) in [5.74, 6) is 0.649. The van der Waals surface area contributed by atoms with Crippen LogP contribution in [0.25, 0.3) is 0 Å². The van der Waals surface area contributed by atoms with E-state index in [1.165, 1.54) is 5.01 Å². The Morgan fingerprint density at radius 3 is 2.79 bits per heavy atom. The zero-order valence-electron chi connectivity index (χ0n) is 8.69. The van der Waals surface area contributed by atoms with Gasteiger partial charge in [0.05, 0.1) is 9.88 Å². The van der Waals surface area contributed by atoms with Gasteiger partial charge in [0.15, 0.2) is 12.6 Å². The Bertz CT molecular complexity index is 305. The molecule has 4 heteroatoms. The van der Waals surface area contributed by atoms with Gasteiger partial charge in [0.1, 0.15) is 0 Å². The van der Waals surface area contributed by atoms with E-state index >= 15 is 0 Å². The zero-order valence-corrected chi connectivity index (χ0v) is 9.50. The van der Waals surface area contributed by atoms with Crippen LogP contribution in [-0.2, 0) is 15.9 Å². The lowest BCUT2D eigenvalue weighted by atomic mass is 10.1. The number of rotatable bonds is 3. The minimum absolute atomic E-state index is 0.0596. The second kappa shape index (κ2) is 3.96. The monoisotopic (exact) mass is 213 g/mol. The van der Waals surface area contributed by atoms with Crippen LogP contribution in [0.5, 0.6) is 0 Å². The van der Waals surface area contributed by atoms with Crippen LogP contribution in [0.4, 0.5) is 0 Å². The number of ether oxygens (including phenoxy) is 2. The molecule has 1 fully saturated rings. The van der Waals surface area contributed by atoms with Crippen molar-refractivity contribution in [1.29, 1.82) is 0 Å². The highest BCUT2D eigenvalue weighted by molar-refractivity contribution is 7.11. The number of hydrogen-bond acceptors (Lipinski definition) is 4. The smallest absolute Gasteiger partial charge is 0.200 e. The standard InChI is InChI=1S/C10H15NO2S/c1-6(2)4-9-11-5-8(14-9)10-12-7(3)13-10/h5-7,10H,4H2,1-3H3. The summed E-state index contributed by atoms with van der Waals surface area (Å²) >= 11 is 1.69. The Balaban J connectivity index is 1.96. The van der Waals surface area contributed by atoms with Crippen LogP contribution in [0.1, 0.15) is 36.9 Å². The Kier molecular flexibility index (Phi) is 2.85. The molecule has 14 heavy (non-hydrogen) atoms. The topological polar surface area (TPSA) is 31.4 Å². The van der Waals surface area contributed by atoms with E-state index in [4.69, 9.17) is 9.47 Å². The Labute approximate surface area is 88.1 Å². The quantitative estimate of drug-likeness (QED) is 0.773. The predicted molar refractivity (Wildman–Crippen MR) is 55.0 cm³/mol. The van der Waals surface area contributed by atoms with Gasteiger partial charge in [0.2, 0.25) is 0 Å². The van der Waals surface area contributed by atoms with E-state index in [0.717, 1.165) is 11.3 Å². The molecule has 0 bridgehead atoms. The van der Waals surface area contributed by atoms with Crippen molar-refractivity contribution in [3.63, 3.8) is 0 Å². The van der Waals surface area contributed by atoms with Crippen LogP contribution in [0.2, 0.25) is 0 Å². The van der Waals surface area contributed by atoms with Crippen LogP contribution in [0, 0.1) is 5.92 Å². The normalized spacial score (nSPS) is 26.6. The Hall–Kier alpha value is -0.450. The first kappa shape index (κ1) is 10.1. The van der Waals surface area contributed by atoms with E-state index in [1.54, 1.807) is 11.3 Å². The van der Waals surface area contributed by atoms with E-state index in [9.17, 15) is 0 Å². The van der Waals surface area contributed by atoms with Crippen molar-refractivity contribution in [2.75, 3.05) is 0 Å². The second-order valence-electron chi connectivity index (χ2n) is 3.93. The highest BCUT2D eigenvalue weighted by Gasteiger charge is 2.30. The predicted octanol–water partition coefficient (Wildman–Crippen LogP) is 2.73. The van der Waals surface area contributed by atoms with Gasteiger partial charge in [-0.25, -0.2) is 4.98 Å². The van der Waals surface area contributed by atoms with Crippen LogP contribution >= 0.6 is 11.3 Å². The van der Waals surface area contributed by atoms with Crippen molar-refractivity contribution >= 4 is 11.3 Å². The first-order valence-corrected chi connectivity index (χ1v) is 5.72. The lowest BCUT2D eigenvalue weighted by Gasteiger charge is -2.32. The minimum Gasteiger partial charge on any atom is -0.319 e. The molecule has 3 nitrogen and oxygen atoms in total. The summed E-state index contributed by atoms with van der Waals surface area (Å²) < 4.78 is 10.8. The summed E-state index contributed by atoms with van der Waals surface area (Å²) in [6.45, 7) is 6.28. The molecule has 0 atom stereocenters. The van der Waals surface area contributed by atoms with Crippen LogP contribution in [0.15, 0.2) is 6.20 Å². The Morgan fingerprint density at radius 1 is 1.50 bits per heavy atom. The summed E-state index contributed by atoms with van der Waals surface area (Å²) in [7, 11) is 0. The first-order valence-electron chi connectivity index (χ1n) is 4.90. The molecule has 1 aromatic heterocycles. The minimum atomic E-state index is -0.164. The molecule has 0 aromatic carbocycles.